The van der Waals surface area contributed by atoms with Crippen molar-refractivity contribution in [2.45, 2.75) is 32.2 Å². The fraction of sp³-hybridized carbons (Fsp3) is 0.467. The smallest absolute Gasteiger partial charge is 0.341 e. The first-order valence-electron chi connectivity index (χ1n) is 6.92. The third-order valence-electron chi connectivity index (χ3n) is 3.61. The summed E-state index contributed by atoms with van der Waals surface area (Å²) in [6, 6.07) is 6.54. The minimum atomic E-state index is -1.02. The van der Waals surface area contributed by atoms with Crippen LogP contribution in [-0.4, -0.2) is 40.7 Å². The van der Waals surface area contributed by atoms with E-state index in [-0.39, 0.29) is 18.2 Å². The van der Waals surface area contributed by atoms with Gasteiger partial charge in [0.1, 0.15) is 5.75 Å². The van der Waals surface area contributed by atoms with Crippen LogP contribution in [-0.2, 0) is 4.79 Å². The quantitative estimate of drug-likeness (QED) is 0.894. The summed E-state index contributed by atoms with van der Waals surface area (Å²) < 4.78 is 5.04. The molecule has 0 atom stereocenters. The van der Waals surface area contributed by atoms with E-state index in [0.29, 0.717) is 11.4 Å². The highest BCUT2D eigenvalue weighted by Gasteiger charge is 2.35. The van der Waals surface area contributed by atoms with E-state index >= 15 is 0 Å². The van der Waals surface area contributed by atoms with E-state index in [0.717, 1.165) is 19.4 Å². The lowest BCUT2D eigenvalue weighted by molar-refractivity contribution is -0.139. The van der Waals surface area contributed by atoms with Gasteiger partial charge in [-0.2, -0.15) is 0 Å². The summed E-state index contributed by atoms with van der Waals surface area (Å²) >= 11 is 0. The average Bonchev–Trinajstić information content (AvgIpc) is 2.77. The lowest BCUT2D eigenvalue weighted by Gasteiger charge is -2.31. The summed E-state index contributed by atoms with van der Waals surface area (Å²) in [4.78, 5) is 24.5. The van der Waals surface area contributed by atoms with E-state index in [2.05, 4.69) is 19.2 Å². The summed E-state index contributed by atoms with van der Waals surface area (Å²) in [6.45, 7) is 4.50. The van der Waals surface area contributed by atoms with E-state index in [9.17, 15) is 9.59 Å². The third-order valence-corrected chi connectivity index (χ3v) is 3.61. The predicted octanol–water partition coefficient (Wildman–Crippen LogP) is 2.56. The molecule has 0 saturated carbocycles. The van der Waals surface area contributed by atoms with Crippen LogP contribution >= 0.6 is 0 Å². The molecule has 1 heterocycles. The molecule has 2 rings (SSSR count). The van der Waals surface area contributed by atoms with Gasteiger partial charge in [0.25, 0.3) is 0 Å². The number of hydrogen-bond donors (Lipinski definition) is 2. The fourth-order valence-electron chi connectivity index (χ4n) is 2.45. The number of nitrogens with zero attached hydrogens (tertiary/aromatic N) is 1. The van der Waals surface area contributed by atoms with Crippen molar-refractivity contribution in [2.75, 3.05) is 18.5 Å². The van der Waals surface area contributed by atoms with Gasteiger partial charge in [-0.25, -0.2) is 9.59 Å². The number of likely N-dealkylation sites (tertiary alicyclic amines) is 1. The maximum absolute atomic E-state index is 12.2. The number of urea groups is 1. The fourth-order valence-corrected chi connectivity index (χ4v) is 2.45. The van der Waals surface area contributed by atoms with Crippen molar-refractivity contribution in [2.24, 2.45) is 0 Å². The highest BCUT2D eigenvalue weighted by Crippen LogP contribution is 2.28. The monoisotopic (exact) mass is 292 g/mol. The first-order valence-corrected chi connectivity index (χ1v) is 6.92. The van der Waals surface area contributed by atoms with Gasteiger partial charge < -0.3 is 20.1 Å². The lowest BCUT2D eigenvalue weighted by Crippen LogP contribution is -2.44. The Morgan fingerprint density at radius 3 is 2.52 bits per heavy atom. The Hall–Kier alpha value is -2.24. The summed E-state index contributed by atoms with van der Waals surface area (Å²) in [7, 11) is 0. The molecule has 0 unspecified atom stereocenters. The van der Waals surface area contributed by atoms with Crippen molar-refractivity contribution < 1.29 is 19.4 Å². The zero-order valence-corrected chi connectivity index (χ0v) is 12.3. The summed E-state index contributed by atoms with van der Waals surface area (Å²) in [6.07, 6.45) is 2.02. The maximum Gasteiger partial charge on any atom is 0.341 e. The summed E-state index contributed by atoms with van der Waals surface area (Å²) in [5.74, 6) is -0.569. The van der Waals surface area contributed by atoms with Crippen molar-refractivity contribution in [1.82, 2.24) is 4.90 Å². The van der Waals surface area contributed by atoms with Crippen LogP contribution in [0.1, 0.15) is 26.7 Å². The van der Waals surface area contributed by atoms with Gasteiger partial charge in [0, 0.05) is 17.8 Å². The Morgan fingerprint density at radius 1 is 1.33 bits per heavy atom. The molecule has 0 aliphatic carbocycles. The molecular weight excluding hydrogens is 272 g/mol. The van der Waals surface area contributed by atoms with Crippen molar-refractivity contribution in [1.29, 1.82) is 0 Å². The Morgan fingerprint density at radius 2 is 2.00 bits per heavy atom. The van der Waals surface area contributed by atoms with Crippen molar-refractivity contribution >= 4 is 17.7 Å². The molecule has 0 spiro atoms. The lowest BCUT2D eigenvalue weighted by atomic mass is 10.0. The molecule has 0 bridgehead atoms. The molecule has 0 radical (unpaired) electrons. The number of hydrogen-bond acceptors (Lipinski definition) is 3. The summed E-state index contributed by atoms with van der Waals surface area (Å²) in [5, 5.41) is 11.4. The van der Waals surface area contributed by atoms with Crippen molar-refractivity contribution in [3.05, 3.63) is 24.3 Å². The SMILES string of the molecule is CC1(C)CCCN1C(=O)Nc1ccc(OCC(=O)O)cc1. The number of carbonyl (C=O) groups excluding carboxylic acids is 1. The number of ether oxygens (including phenoxy) is 1. The molecule has 0 aromatic heterocycles. The molecule has 2 amide bonds. The molecule has 1 fully saturated rings. The first kappa shape index (κ1) is 15.2. The van der Waals surface area contributed by atoms with E-state index < -0.39 is 5.97 Å². The molecule has 1 saturated heterocycles. The van der Waals surface area contributed by atoms with Crippen LogP contribution in [0.4, 0.5) is 10.5 Å². The zero-order valence-electron chi connectivity index (χ0n) is 12.3. The van der Waals surface area contributed by atoms with Crippen molar-refractivity contribution in [3.63, 3.8) is 0 Å². The van der Waals surface area contributed by atoms with Crippen LogP contribution in [0.3, 0.4) is 0 Å². The number of benzene rings is 1. The van der Waals surface area contributed by atoms with Gasteiger partial charge in [-0.05, 0) is 51.0 Å². The summed E-state index contributed by atoms with van der Waals surface area (Å²) in [5.41, 5.74) is 0.541. The largest absolute Gasteiger partial charge is 0.482 e. The third kappa shape index (κ3) is 3.87. The second-order valence-electron chi connectivity index (χ2n) is 5.70. The van der Waals surface area contributed by atoms with Gasteiger partial charge in [-0.3, -0.25) is 0 Å². The van der Waals surface area contributed by atoms with Crippen LogP contribution in [0.2, 0.25) is 0 Å². The standard InChI is InChI=1S/C15H20N2O4/c1-15(2)8-3-9-17(15)14(20)16-11-4-6-12(7-5-11)21-10-13(18)19/h4-7H,3,8-10H2,1-2H3,(H,16,20)(H,18,19). The van der Waals surface area contributed by atoms with E-state index in [1.807, 2.05) is 4.90 Å². The second-order valence-corrected chi connectivity index (χ2v) is 5.70. The molecule has 1 aromatic carbocycles. The number of carboxylic acid groups (broad SMARTS) is 1. The van der Waals surface area contributed by atoms with Crippen LogP contribution in [0.15, 0.2) is 24.3 Å². The van der Waals surface area contributed by atoms with Gasteiger partial charge in [0.2, 0.25) is 0 Å². The molecule has 1 aliphatic rings. The first-order chi connectivity index (χ1) is 9.88. The Balaban J connectivity index is 1.94. The number of carboxylic acids is 1. The van der Waals surface area contributed by atoms with Crippen molar-refractivity contribution in [3.8, 4) is 5.75 Å². The van der Waals surface area contributed by atoms with Gasteiger partial charge in [-0.1, -0.05) is 0 Å². The normalized spacial score (nSPS) is 16.6. The molecule has 21 heavy (non-hydrogen) atoms. The van der Waals surface area contributed by atoms with Crippen LogP contribution in [0.25, 0.3) is 0 Å². The Kier molecular flexibility index (Phi) is 4.35. The number of rotatable bonds is 4. The molecule has 1 aliphatic heterocycles. The molecule has 114 valence electrons. The van der Waals surface area contributed by atoms with E-state index in [1.54, 1.807) is 24.3 Å². The Bertz CT molecular complexity index is 525. The highest BCUT2D eigenvalue weighted by atomic mass is 16.5. The number of aliphatic carboxylic acids is 1. The van der Waals surface area contributed by atoms with Crippen LogP contribution in [0.5, 0.6) is 5.75 Å². The second kappa shape index (κ2) is 6.03. The van der Waals surface area contributed by atoms with E-state index in [1.165, 1.54) is 0 Å². The Labute approximate surface area is 123 Å². The molecule has 6 heteroatoms. The highest BCUT2D eigenvalue weighted by molar-refractivity contribution is 5.90. The maximum atomic E-state index is 12.2. The van der Waals surface area contributed by atoms with E-state index in [4.69, 9.17) is 9.84 Å². The van der Waals surface area contributed by atoms with Crippen LogP contribution < -0.4 is 10.1 Å². The average molecular weight is 292 g/mol. The minimum Gasteiger partial charge on any atom is -0.482 e. The minimum absolute atomic E-state index is 0.114. The van der Waals surface area contributed by atoms with Gasteiger partial charge >= 0.3 is 12.0 Å². The molecule has 2 N–H and O–H groups in total. The molecular formula is C15H20N2O4. The number of anilines is 1. The van der Waals surface area contributed by atoms with Gasteiger partial charge in [-0.15, -0.1) is 0 Å². The molecule has 6 nitrogen and oxygen atoms in total. The van der Waals surface area contributed by atoms with Gasteiger partial charge in [0.15, 0.2) is 6.61 Å². The topological polar surface area (TPSA) is 78.9 Å². The van der Waals surface area contributed by atoms with Gasteiger partial charge in [0.05, 0.1) is 0 Å². The molecule has 1 aromatic rings. The number of nitrogens with one attached hydrogen (secondary N) is 1. The zero-order chi connectivity index (χ0) is 15.5. The number of carbonyl (C=O) groups is 2. The number of amides is 2. The predicted molar refractivity (Wildman–Crippen MR) is 78.6 cm³/mol. The van der Waals surface area contributed by atoms with Crippen LogP contribution in [0, 0.1) is 0 Å².